The lowest BCUT2D eigenvalue weighted by molar-refractivity contribution is 0.0963. The zero-order valence-corrected chi connectivity index (χ0v) is 13.5. The fraction of sp³-hybridized carbons (Fsp3) is 0.167. The molecule has 4 nitrogen and oxygen atoms in total. The van der Waals surface area contributed by atoms with Crippen molar-refractivity contribution in [2.45, 2.75) is 23.8 Å². The zero-order valence-electron chi connectivity index (χ0n) is 12.7. The van der Waals surface area contributed by atoms with Gasteiger partial charge < -0.3 is 0 Å². The number of aryl methyl sites for hydroxylation is 1. The number of hydrogen-bond acceptors (Lipinski definition) is 3. The van der Waals surface area contributed by atoms with E-state index in [4.69, 9.17) is 0 Å². The maximum atomic E-state index is 12.6. The average molecular weight is 327 g/mol. The molecule has 0 spiro atoms. The molecule has 0 heterocycles. The highest BCUT2D eigenvalue weighted by atomic mass is 32.2. The Morgan fingerprint density at radius 1 is 1.09 bits per heavy atom. The van der Waals surface area contributed by atoms with Crippen molar-refractivity contribution < 1.29 is 13.2 Å². The van der Waals surface area contributed by atoms with Crippen LogP contribution in [-0.4, -0.2) is 20.2 Å². The van der Waals surface area contributed by atoms with E-state index in [1.165, 1.54) is 12.1 Å². The minimum absolute atomic E-state index is 0.148. The summed E-state index contributed by atoms with van der Waals surface area (Å²) in [6.45, 7) is 5.64. The Hall–Kier alpha value is -2.24. The van der Waals surface area contributed by atoms with Crippen molar-refractivity contribution in [1.82, 2.24) is 4.72 Å². The Labute approximate surface area is 135 Å². The molecule has 0 saturated carbocycles. The van der Waals surface area contributed by atoms with Crippen molar-refractivity contribution in [2.24, 2.45) is 0 Å². The Kier molecular flexibility index (Phi) is 3.92. The molecule has 0 radical (unpaired) electrons. The number of carbonyl (C=O) groups is 1. The SMILES string of the molecule is C=C[C@@H]1c2ccccc2C(=O)[C@H]1NS(=O)(=O)c1ccc(C)cc1. The highest BCUT2D eigenvalue weighted by Crippen LogP contribution is 2.34. The molecule has 0 aliphatic heterocycles. The van der Waals surface area contributed by atoms with Crippen LogP contribution in [0.5, 0.6) is 0 Å². The molecule has 1 aliphatic rings. The van der Waals surface area contributed by atoms with Crippen LogP contribution in [0.2, 0.25) is 0 Å². The van der Waals surface area contributed by atoms with E-state index in [1.807, 2.05) is 19.1 Å². The van der Waals surface area contributed by atoms with Gasteiger partial charge in [0.25, 0.3) is 0 Å². The lowest BCUT2D eigenvalue weighted by Gasteiger charge is -2.17. The first-order chi connectivity index (χ1) is 10.9. The van der Waals surface area contributed by atoms with Gasteiger partial charge in [-0.15, -0.1) is 6.58 Å². The van der Waals surface area contributed by atoms with Crippen molar-refractivity contribution in [2.75, 3.05) is 0 Å². The summed E-state index contributed by atoms with van der Waals surface area (Å²) in [7, 11) is -3.77. The van der Waals surface area contributed by atoms with Gasteiger partial charge in [0.1, 0.15) is 0 Å². The first kappa shape index (κ1) is 15.6. The van der Waals surface area contributed by atoms with Crippen molar-refractivity contribution in [3.8, 4) is 0 Å². The third-order valence-electron chi connectivity index (χ3n) is 4.09. The Morgan fingerprint density at radius 2 is 1.74 bits per heavy atom. The summed E-state index contributed by atoms with van der Waals surface area (Å²) in [4.78, 5) is 12.7. The maximum Gasteiger partial charge on any atom is 0.241 e. The van der Waals surface area contributed by atoms with Crippen LogP contribution in [0, 0.1) is 6.92 Å². The van der Waals surface area contributed by atoms with E-state index < -0.39 is 16.1 Å². The summed E-state index contributed by atoms with van der Waals surface area (Å²) in [6, 6.07) is 12.8. The molecule has 2 aromatic carbocycles. The fourth-order valence-electron chi connectivity index (χ4n) is 2.86. The molecular weight excluding hydrogens is 310 g/mol. The smallest absolute Gasteiger partial charge is 0.241 e. The lowest BCUT2D eigenvalue weighted by atomic mass is 9.99. The van der Waals surface area contributed by atoms with E-state index >= 15 is 0 Å². The van der Waals surface area contributed by atoms with Gasteiger partial charge in [0.15, 0.2) is 5.78 Å². The Morgan fingerprint density at radius 3 is 2.39 bits per heavy atom. The summed E-state index contributed by atoms with van der Waals surface area (Å²) in [6.07, 6.45) is 1.62. The number of fused-ring (bicyclic) bond motifs is 1. The Balaban J connectivity index is 1.95. The zero-order chi connectivity index (χ0) is 16.6. The highest BCUT2D eigenvalue weighted by Gasteiger charge is 2.40. The molecule has 0 fully saturated rings. The molecule has 0 aromatic heterocycles. The van der Waals surface area contributed by atoms with Gasteiger partial charge in [0, 0.05) is 11.5 Å². The molecule has 2 atom stereocenters. The normalized spacial score (nSPS) is 20.3. The Bertz CT molecular complexity index is 869. The minimum atomic E-state index is -3.77. The predicted molar refractivity (Wildman–Crippen MR) is 89.0 cm³/mol. The number of rotatable bonds is 4. The molecule has 0 amide bonds. The molecule has 1 N–H and O–H groups in total. The van der Waals surface area contributed by atoms with Gasteiger partial charge in [0.05, 0.1) is 10.9 Å². The second-order valence-corrected chi connectivity index (χ2v) is 7.34. The number of Topliss-reactive ketones (excluding diaryl/α,β-unsaturated/α-hetero) is 1. The molecular formula is C18H17NO3S. The summed E-state index contributed by atoms with van der Waals surface area (Å²) in [5, 5.41) is 0. The number of sulfonamides is 1. The van der Waals surface area contributed by atoms with E-state index in [9.17, 15) is 13.2 Å². The second kappa shape index (κ2) is 5.76. The molecule has 1 aliphatic carbocycles. The van der Waals surface area contributed by atoms with Crippen molar-refractivity contribution in [3.63, 3.8) is 0 Å². The van der Waals surface area contributed by atoms with Crippen LogP contribution in [0.3, 0.4) is 0 Å². The van der Waals surface area contributed by atoms with Gasteiger partial charge in [-0.3, -0.25) is 4.79 Å². The van der Waals surface area contributed by atoms with Crippen LogP contribution in [0.1, 0.15) is 27.4 Å². The third kappa shape index (κ3) is 2.73. The first-order valence-electron chi connectivity index (χ1n) is 7.29. The minimum Gasteiger partial charge on any atom is -0.292 e. The van der Waals surface area contributed by atoms with E-state index in [0.717, 1.165) is 11.1 Å². The van der Waals surface area contributed by atoms with Gasteiger partial charge in [0.2, 0.25) is 10.0 Å². The van der Waals surface area contributed by atoms with Crippen LogP contribution in [0.4, 0.5) is 0 Å². The number of benzene rings is 2. The van der Waals surface area contributed by atoms with Gasteiger partial charge >= 0.3 is 0 Å². The van der Waals surface area contributed by atoms with Gasteiger partial charge in [-0.1, -0.05) is 48.0 Å². The number of hydrogen-bond donors (Lipinski definition) is 1. The van der Waals surface area contributed by atoms with E-state index in [1.54, 1.807) is 30.3 Å². The summed E-state index contributed by atoms with van der Waals surface area (Å²) >= 11 is 0. The second-order valence-electron chi connectivity index (χ2n) is 5.62. The number of carbonyl (C=O) groups excluding carboxylic acids is 1. The number of ketones is 1. The standard InChI is InChI=1S/C18H17NO3S/c1-3-14-15-6-4-5-7-16(15)18(20)17(14)19-23(21,22)13-10-8-12(2)9-11-13/h3-11,14,17,19H,1H2,2H3/t14-,17+/m1/s1. The molecule has 0 unspecified atom stereocenters. The van der Waals surface area contributed by atoms with Crippen molar-refractivity contribution in [1.29, 1.82) is 0 Å². The van der Waals surface area contributed by atoms with Crippen LogP contribution in [0.15, 0.2) is 66.1 Å². The largest absolute Gasteiger partial charge is 0.292 e. The topological polar surface area (TPSA) is 63.2 Å². The van der Waals surface area contributed by atoms with E-state index in [-0.39, 0.29) is 16.6 Å². The molecule has 0 saturated heterocycles. The van der Waals surface area contributed by atoms with Gasteiger partial charge in [-0.05, 0) is 24.6 Å². The monoisotopic (exact) mass is 327 g/mol. The van der Waals surface area contributed by atoms with Crippen molar-refractivity contribution in [3.05, 3.63) is 77.9 Å². The van der Waals surface area contributed by atoms with Crippen LogP contribution in [-0.2, 0) is 10.0 Å². The lowest BCUT2D eigenvalue weighted by Crippen LogP contribution is -2.40. The molecule has 5 heteroatoms. The quantitative estimate of drug-likeness (QED) is 0.878. The fourth-order valence-corrected chi connectivity index (χ4v) is 4.08. The third-order valence-corrected chi connectivity index (χ3v) is 5.55. The highest BCUT2D eigenvalue weighted by molar-refractivity contribution is 7.89. The van der Waals surface area contributed by atoms with Crippen LogP contribution < -0.4 is 4.72 Å². The maximum absolute atomic E-state index is 12.6. The molecule has 118 valence electrons. The number of nitrogens with one attached hydrogen (secondary N) is 1. The molecule has 3 rings (SSSR count). The van der Waals surface area contributed by atoms with Crippen LogP contribution >= 0.6 is 0 Å². The van der Waals surface area contributed by atoms with E-state index in [2.05, 4.69) is 11.3 Å². The van der Waals surface area contributed by atoms with Crippen molar-refractivity contribution >= 4 is 15.8 Å². The molecule has 0 bridgehead atoms. The predicted octanol–water partition coefficient (Wildman–Crippen LogP) is 2.81. The summed E-state index contributed by atoms with van der Waals surface area (Å²) in [5.41, 5.74) is 2.33. The first-order valence-corrected chi connectivity index (χ1v) is 8.77. The average Bonchev–Trinajstić information content (AvgIpc) is 2.80. The van der Waals surface area contributed by atoms with Gasteiger partial charge in [-0.25, -0.2) is 8.42 Å². The summed E-state index contributed by atoms with van der Waals surface area (Å²) in [5.74, 6) is -0.583. The van der Waals surface area contributed by atoms with Crippen LogP contribution in [0.25, 0.3) is 0 Å². The summed E-state index contributed by atoms with van der Waals surface area (Å²) < 4.78 is 27.7. The molecule has 2 aromatic rings. The van der Waals surface area contributed by atoms with E-state index in [0.29, 0.717) is 5.56 Å². The van der Waals surface area contributed by atoms with Gasteiger partial charge in [-0.2, -0.15) is 4.72 Å². The molecule has 23 heavy (non-hydrogen) atoms.